The molecule has 3 aromatic heterocycles. The first-order valence-electron chi connectivity index (χ1n) is 11.2. The zero-order valence-electron chi connectivity index (χ0n) is 17.4. The zero-order chi connectivity index (χ0) is 20.1. The van der Waals surface area contributed by atoms with E-state index in [4.69, 9.17) is 14.8 Å². The summed E-state index contributed by atoms with van der Waals surface area (Å²) >= 11 is 0. The minimum atomic E-state index is 0.430. The van der Waals surface area contributed by atoms with Crippen molar-refractivity contribution < 1.29 is 4.74 Å². The van der Waals surface area contributed by atoms with Gasteiger partial charge < -0.3 is 15.4 Å². The first kappa shape index (κ1) is 18.1. The van der Waals surface area contributed by atoms with Gasteiger partial charge in [0.05, 0.1) is 19.0 Å². The topological polar surface area (TPSA) is 76.4 Å². The van der Waals surface area contributed by atoms with Gasteiger partial charge in [0.15, 0.2) is 5.65 Å². The number of hydrogen-bond donors (Lipinski definition) is 2. The number of piperidine rings is 1. The Morgan fingerprint density at radius 3 is 2.70 bits per heavy atom. The number of hydrogen-bond acceptors (Lipinski definition) is 6. The van der Waals surface area contributed by atoms with Crippen LogP contribution in [-0.2, 0) is 0 Å². The summed E-state index contributed by atoms with van der Waals surface area (Å²) in [4.78, 5) is 9.60. The van der Waals surface area contributed by atoms with E-state index in [2.05, 4.69) is 27.8 Å². The van der Waals surface area contributed by atoms with Crippen LogP contribution in [0.5, 0.6) is 5.75 Å². The number of aromatic nitrogens is 4. The monoisotopic (exact) mass is 404 g/mol. The first-order chi connectivity index (χ1) is 14.8. The molecule has 2 aliphatic carbocycles. The van der Waals surface area contributed by atoms with E-state index in [-0.39, 0.29) is 0 Å². The van der Waals surface area contributed by atoms with Gasteiger partial charge in [0.2, 0.25) is 0 Å². The number of ether oxygens (including phenoxy) is 1. The quantitative estimate of drug-likeness (QED) is 0.652. The molecule has 7 heteroatoms. The Labute approximate surface area is 176 Å². The SMILES string of the molecule is COc1cc2ncc(-c3cc(C4CC4)cc(N[C@@H]4CCCNC4)n3)n2nc1C1CC1. The summed E-state index contributed by atoms with van der Waals surface area (Å²) < 4.78 is 7.53. The van der Waals surface area contributed by atoms with E-state index < -0.39 is 0 Å². The molecule has 2 saturated carbocycles. The van der Waals surface area contributed by atoms with E-state index in [9.17, 15) is 0 Å². The molecule has 2 N–H and O–H groups in total. The Morgan fingerprint density at radius 2 is 1.97 bits per heavy atom. The van der Waals surface area contributed by atoms with Crippen LogP contribution in [0.2, 0.25) is 0 Å². The highest BCUT2D eigenvalue weighted by molar-refractivity contribution is 5.64. The Balaban J connectivity index is 1.41. The number of fused-ring (bicyclic) bond motifs is 1. The van der Waals surface area contributed by atoms with E-state index in [1.807, 2.05) is 16.8 Å². The summed E-state index contributed by atoms with van der Waals surface area (Å²) in [6.07, 6.45) is 9.17. The lowest BCUT2D eigenvalue weighted by Gasteiger charge is -2.24. The van der Waals surface area contributed by atoms with Gasteiger partial charge in [0, 0.05) is 24.6 Å². The van der Waals surface area contributed by atoms with Crippen LogP contribution in [0.3, 0.4) is 0 Å². The van der Waals surface area contributed by atoms with Crippen LogP contribution in [0.4, 0.5) is 5.82 Å². The summed E-state index contributed by atoms with van der Waals surface area (Å²) in [5, 5.41) is 12.1. The second kappa shape index (κ2) is 7.23. The Morgan fingerprint density at radius 1 is 1.10 bits per heavy atom. The third-order valence-corrected chi connectivity index (χ3v) is 6.48. The summed E-state index contributed by atoms with van der Waals surface area (Å²) in [6, 6.07) is 6.90. The summed E-state index contributed by atoms with van der Waals surface area (Å²) in [5.74, 6) is 2.97. The van der Waals surface area contributed by atoms with Crippen molar-refractivity contribution in [2.24, 2.45) is 0 Å². The molecule has 4 heterocycles. The van der Waals surface area contributed by atoms with Gasteiger partial charge in [-0.05, 0) is 68.7 Å². The van der Waals surface area contributed by atoms with E-state index >= 15 is 0 Å². The van der Waals surface area contributed by atoms with Crippen LogP contribution in [-0.4, -0.2) is 45.8 Å². The molecule has 7 nitrogen and oxygen atoms in total. The number of imidazole rings is 1. The molecule has 0 aromatic carbocycles. The molecule has 0 bridgehead atoms. The van der Waals surface area contributed by atoms with Crippen molar-refractivity contribution in [2.75, 3.05) is 25.5 Å². The maximum atomic E-state index is 5.58. The molecular formula is C23H28N6O. The average molecular weight is 405 g/mol. The maximum Gasteiger partial charge on any atom is 0.157 e. The lowest BCUT2D eigenvalue weighted by atomic mass is 10.1. The molecule has 3 aromatic rings. The summed E-state index contributed by atoms with van der Waals surface area (Å²) in [7, 11) is 1.71. The van der Waals surface area contributed by atoms with Crippen molar-refractivity contribution in [1.82, 2.24) is 24.9 Å². The van der Waals surface area contributed by atoms with Crippen LogP contribution in [0.1, 0.15) is 61.6 Å². The van der Waals surface area contributed by atoms with Crippen LogP contribution in [0, 0.1) is 0 Å². The predicted octanol–water partition coefficient (Wildman–Crippen LogP) is 3.72. The number of nitrogens with one attached hydrogen (secondary N) is 2. The van der Waals surface area contributed by atoms with E-state index in [1.165, 1.54) is 44.1 Å². The number of pyridine rings is 1. The Hall–Kier alpha value is -2.67. The van der Waals surface area contributed by atoms with Gasteiger partial charge in [0.25, 0.3) is 0 Å². The molecule has 156 valence electrons. The van der Waals surface area contributed by atoms with E-state index in [1.54, 1.807) is 7.11 Å². The number of methoxy groups -OCH3 is 1. The molecule has 3 fully saturated rings. The second-order valence-corrected chi connectivity index (χ2v) is 8.92. The molecule has 1 saturated heterocycles. The van der Waals surface area contributed by atoms with Crippen molar-refractivity contribution in [2.45, 2.75) is 56.4 Å². The zero-order valence-corrected chi connectivity index (χ0v) is 17.4. The maximum absolute atomic E-state index is 5.58. The molecule has 1 aliphatic heterocycles. The lowest BCUT2D eigenvalue weighted by molar-refractivity contribution is 0.405. The highest BCUT2D eigenvalue weighted by atomic mass is 16.5. The van der Waals surface area contributed by atoms with Crippen molar-refractivity contribution in [3.63, 3.8) is 0 Å². The highest BCUT2D eigenvalue weighted by Crippen LogP contribution is 2.44. The fraction of sp³-hybridized carbons (Fsp3) is 0.522. The number of rotatable bonds is 6. The third kappa shape index (κ3) is 3.41. The largest absolute Gasteiger partial charge is 0.495 e. The van der Waals surface area contributed by atoms with Crippen molar-refractivity contribution >= 4 is 11.5 Å². The van der Waals surface area contributed by atoms with Crippen molar-refractivity contribution in [1.29, 1.82) is 0 Å². The van der Waals surface area contributed by atoms with Gasteiger partial charge in [-0.1, -0.05) is 0 Å². The first-order valence-corrected chi connectivity index (χ1v) is 11.2. The molecule has 30 heavy (non-hydrogen) atoms. The van der Waals surface area contributed by atoms with Crippen LogP contribution in [0.25, 0.3) is 17.0 Å². The van der Waals surface area contributed by atoms with Gasteiger partial charge in [0.1, 0.15) is 23.0 Å². The van der Waals surface area contributed by atoms with Gasteiger partial charge in [-0.3, -0.25) is 0 Å². The molecular weight excluding hydrogens is 376 g/mol. The molecule has 6 rings (SSSR count). The van der Waals surface area contributed by atoms with E-state index in [0.29, 0.717) is 17.9 Å². The van der Waals surface area contributed by atoms with Gasteiger partial charge >= 0.3 is 0 Å². The minimum Gasteiger partial charge on any atom is -0.495 e. The normalized spacial score (nSPS) is 21.7. The fourth-order valence-electron chi connectivity index (χ4n) is 4.48. The molecule has 0 amide bonds. The predicted molar refractivity (Wildman–Crippen MR) is 116 cm³/mol. The summed E-state index contributed by atoms with van der Waals surface area (Å²) in [6.45, 7) is 2.10. The molecule has 0 spiro atoms. The molecule has 1 atom stereocenters. The molecule has 0 radical (unpaired) electrons. The van der Waals surface area contributed by atoms with Crippen LogP contribution < -0.4 is 15.4 Å². The van der Waals surface area contributed by atoms with Crippen LogP contribution in [0.15, 0.2) is 24.4 Å². The lowest BCUT2D eigenvalue weighted by Crippen LogP contribution is -2.38. The molecule has 0 unspecified atom stereocenters. The smallest absolute Gasteiger partial charge is 0.157 e. The highest BCUT2D eigenvalue weighted by Gasteiger charge is 2.30. The van der Waals surface area contributed by atoms with Gasteiger partial charge in [-0.2, -0.15) is 5.10 Å². The Bertz CT molecular complexity index is 1080. The second-order valence-electron chi connectivity index (χ2n) is 8.92. The van der Waals surface area contributed by atoms with E-state index in [0.717, 1.165) is 47.4 Å². The average Bonchev–Trinajstić information content (AvgIpc) is 3.70. The van der Waals surface area contributed by atoms with Gasteiger partial charge in [-0.15, -0.1) is 0 Å². The van der Waals surface area contributed by atoms with Crippen molar-refractivity contribution in [3.8, 4) is 17.1 Å². The number of nitrogens with zero attached hydrogens (tertiary/aromatic N) is 4. The fourth-order valence-corrected chi connectivity index (χ4v) is 4.48. The Kier molecular flexibility index (Phi) is 4.37. The van der Waals surface area contributed by atoms with Crippen molar-refractivity contribution in [3.05, 3.63) is 35.7 Å². The standard InChI is InChI=1S/C23H28N6O/c1-30-20-11-22-25-13-19(29(22)28-23(20)15-6-7-15)18-9-16(14-4-5-14)10-21(27-18)26-17-3-2-8-24-12-17/h9-11,13-15,17,24H,2-8,12H2,1H3,(H,26,27)/t17-/m1/s1. The molecule has 3 aliphatic rings. The van der Waals surface area contributed by atoms with Crippen LogP contribution >= 0.6 is 0 Å². The third-order valence-electron chi connectivity index (χ3n) is 6.48. The minimum absolute atomic E-state index is 0.430. The van der Waals surface area contributed by atoms with Gasteiger partial charge in [-0.25, -0.2) is 14.5 Å². The summed E-state index contributed by atoms with van der Waals surface area (Å²) in [5.41, 5.74) is 5.10. The number of anilines is 1.